The maximum Gasteiger partial charge on any atom is 0.138 e. The van der Waals surface area contributed by atoms with Crippen LogP contribution in [0.4, 0.5) is 0 Å². The van der Waals surface area contributed by atoms with E-state index in [1.54, 1.807) is 0 Å². The Bertz CT molecular complexity index is 318. The minimum absolute atomic E-state index is 0.169. The molecule has 0 spiro atoms. The summed E-state index contributed by atoms with van der Waals surface area (Å²) in [6.07, 6.45) is 1.78. The van der Waals surface area contributed by atoms with Crippen molar-refractivity contribution in [2.24, 2.45) is 5.92 Å². The average Bonchev–Trinajstić information content (AvgIpc) is 2.65. The van der Waals surface area contributed by atoms with Gasteiger partial charge in [0.2, 0.25) is 0 Å². The first-order chi connectivity index (χ1) is 6.79. The lowest BCUT2D eigenvalue weighted by Gasteiger charge is -2.16. The Balaban J connectivity index is 2.16. The molecule has 1 fully saturated rings. The van der Waals surface area contributed by atoms with Crippen molar-refractivity contribution in [2.45, 2.75) is 25.4 Å². The van der Waals surface area contributed by atoms with Gasteiger partial charge in [-0.3, -0.25) is 4.79 Å². The van der Waals surface area contributed by atoms with Gasteiger partial charge < -0.3 is 5.11 Å². The number of hydrogen-bond acceptors (Lipinski definition) is 2. The molecule has 0 saturated heterocycles. The highest BCUT2D eigenvalue weighted by molar-refractivity contribution is 5.83. The van der Waals surface area contributed by atoms with Gasteiger partial charge >= 0.3 is 0 Å². The van der Waals surface area contributed by atoms with Crippen LogP contribution in [0, 0.1) is 5.92 Å². The zero-order chi connectivity index (χ0) is 9.97. The van der Waals surface area contributed by atoms with Crippen LogP contribution in [-0.4, -0.2) is 10.9 Å². The molecule has 1 N–H and O–H groups in total. The molecule has 0 amide bonds. The van der Waals surface area contributed by atoms with Crippen LogP contribution in [-0.2, 0) is 4.79 Å². The molecule has 2 rings (SSSR count). The molecule has 1 aromatic carbocycles. The molecule has 1 saturated carbocycles. The summed E-state index contributed by atoms with van der Waals surface area (Å²) in [6, 6.07) is 9.43. The topological polar surface area (TPSA) is 37.3 Å². The third-order valence-corrected chi connectivity index (χ3v) is 2.87. The van der Waals surface area contributed by atoms with Crippen molar-refractivity contribution in [3.05, 3.63) is 35.9 Å². The minimum Gasteiger partial charge on any atom is -0.388 e. The molecule has 0 aliphatic heterocycles. The Morgan fingerprint density at radius 3 is 2.57 bits per heavy atom. The van der Waals surface area contributed by atoms with Gasteiger partial charge in [0, 0.05) is 12.3 Å². The van der Waals surface area contributed by atoms with E-state index in [1.165, 1.54) is 0 Å². The summed E-state index contributed by atoms with van der Waals surface area (Å²) in [7, 11) is 0. The maximum atomic E-state index is 11.4. The Morgan fingerprint density at radius 1 is 1.29 bits per heavy atom. The number of aliphatic hydroxyl groups is 1. The van der Waals surface area contributed by atoms with Crippen molar-refractivity contribution in [1.82, 2.24) is 0 Å². The molecule has 1 aliphatic rings. The molecular formula is C12H14O2. The molecule has 2 nitrogen and oxygen atoms in total. The molecule has 0 aromatic heterocycles. The summed E-state index contributed by atoms with van der Waals surface area (Å²) in [5, 5.41) is 9.97. The number of Topliss-reactive ketones (excluding diaryl/α,β-unsaturated/α-hetero) is 1. The molecule has 2 atom stereocenters. The van der Waals surface area contributed by atoms with Gasteiger partial charge in [-0.25, -0.2) is 0 Å². The standard InChI is InChI=1S/C12H14O2/c13-11-8-4-7-10(11)12(14)9-5-2-1-3-6-9/h1-3,5-6,10,12,14H,4,7-8H2/t10-,12-/m1/s1. The van der Waals surface area contributed by atoms with E-state index in [-0.39, 0.29) is 11.7 Å². The Morgan fingerprint density at radius 2 is 2.00 bits per heavy atom. The number of aliphatic hydroxyl groups excluding tert-OH is 1. The van der Waals surface area contributed by atoms with E-state index < -0.39 is 6.10 Å². The van der Waals surface area contributed by atoms with Gasteiger partial charge in [-0.2, -0.15) is 0 Å². The number of benzene rings is 1. The van der Waals surface area contributed by atoms with Crippen LogP contribution in [0.5, 0.6) is 0 Å². The van der Waals surface area contributed by atoms with E-state index in [2.05, 4.69) is 0 Å². The van der Waals surface area contributed by atoms with E-state index >= 15 is 0 Å². The van der Waals surface area contributed by atoms with Gasteiger partial charge in [-0.15, -0.1) is 0 Å². The first-order valence-corrected chi connectivity index (χ1v) is 5.05. The molecule has 2 heteroatoms. The van der Waals surface area contributed by atoms with E-state index in [0.29, 0.717) is 6.42 Å². The maximum absolute atomic E-state index is 11.4. The molecule has 1 aromatic rings. The summed E-state index contributed by atoms with van der Waals surface area (Å²) in [6.45, 7) is 0. The highest BCUT2D eigenvalue weighted by Crippen LogP contribution is 2.32. The number of ketones is 1. The summed E-state index contributed by atoms with van der Waals surface area (Å²) >= 11 is 0. The Kier molecular flexibility index (Phi) is 2.64. The molecule has 14 heavy (non-hydrogen) atoms. The van der Waals surface area contributed by atoms with E-state index in [4.69, 9.17) is 0 Å². The largest absolute Gasteiger partial charge is 0.388 e. The minimum atomic E-state index is -0.605. The van der Waals surface area contributed by atoms with Crippen LogP contribution in [0.3, 0.4) is 0 Å². The highest BCUT2D eigenvalue weighted by atomic mass is 16.3. The predicted octanol–water partition coefficient (Wildman–Crippen LogP) is 2.09. The normalized spacial score (nSPS) is 23.8. The fraction of sp³-hybridized carbons (Fsp3) is 0.417. The highest BCUT2D eigenvalue weighted by Gasteiger charge is 2.31. The molecular weight excluding hydrogens is 176 g/mol. The van der Waals surface area contributed by atoms with E-state index in [0.717, 1.165) is 18.4 Å². The third-order valence-electron chi connectivity index (χ3n) is 2.87. The van der Waals surface area contributed by atoms with E-state index in [1.807, 2.05) is 30.3 Å². The zero-order valence-electron chi connectivity index (χ0n) is 8.02. The molecule has 74 valence electrons. The van der Waals surface area contributed by atoms with Gasteiger partial charge in [0.15, 0.2) is 0 Å². The van der Waals surface area contributed by atoms with Crippen molar-refractivity contribution < 1.29 is 9.90 Å². The summed E-state index contributed by atoms with van der Waals surface area (Å²) in [4.78, 5) is 11.4. The van der Waals surface area contributed by atoms with Gasteiger partial charge in [0.1, 0.15) is 5.78 Å². The first kappa shape index (κ1) is 9.41. The SMILES string of the molecule is O=C1CCC[C@H]1[C@H](O)c1ccccc1. The fourth-order valence-electron chi connectivity index (χ4n) is 2.06. The number of rotatable bonds is 2. The van der Waals surface area contributed by atoms with Crippen LogP contribution in [0.15, 0.2) is 30.3 Å². The molecule has 0 radical (unpaired) electrons. The van der Waals surface area contributed by atoms with Crippen LogP contribution in [0.2, 0.25) is 0 Å². The van der Waals surface area contributed by atoms with Crippen molar-refractivity contribution in [1.29, 1.82) is 0 Å². The van der Waals surface area contributed by atoms with Crippen molar-refractivity contribution >= 4 is 5.78 Å². The lowest BCUT2D eigenvalue weighted by molar-refractivity contribution is -0.123. The van der Waals surface area contributed by atoms with Crippen molar-refractivity contribution in [2.75, 3.05) is 0 Å². The Labute approximate surface area is 83.6 Å². The van der Waals surface area contributed by atoms with E-state index in [9.17, 15) is 9.90 Å². The van der Waals surface area contributed by atoms with Crippen molar-refractivity contribution in [3.63, 3.8) is 0 Å². The zero-order valence-corrected chi connectivity index (χ0v) is 8.02. The van der Waals surface area contributed by atoms with Crippen molar-refractivity contribution in [3.8, 4) is 0 Å². The van der Waals surface area contributed by atoms with Crippen LogP contribution in [0.25, 0.3) is 0 Å². The van der Waals surface area contributed by atoms with Crippen LogP contribution < -0.4 is 0 Å². The average molecular weight is 190 g/mol. The molecule has 0 unspecified atom stereocenters. The monoisotopic (exact) mass is 190 g/mol. The molecule has 1 aliphatic carbocycles. The van der Waals surface area contributed by atoms with Gasteiger partial charge in [0.25, 0.3) is 0 Å². The van der Waals surface area contributed by atoms with Crippen LogP contribution in [0.1, 0.15) is 30.9 Å². The smallest absolute Gasteiger partial charge is 0.138 e. The summed E-state index contributed by atoms with van der Waals surface area (Å²) in [5.74, 6) is 0.0405. The lowest BCUT2D eigenvalue weighted by Crippen LogP contribution is -2.16. The van der Waals surface area contributed by atoms with Gasteiger partial charge in [-0.05, 0) is 18.4 Å². The fourth-order valence-corrected chi connectivity index (χ4v) is 2.06. The third kappa shape index (κ3) is 1.70. The second kappa shape index (κ2) is 3.93. The van der Waals surface area contributed by atoms with Gasteiger partial charge in [0.05, 0.1) is 6.10 Å². The molecule has 0 heterocycles. The predicted molar refractivity (Wildman–Crippen MR) is 53.7 cm³/mol. The molecule has 0 bridgehead atoms. The number of carbonyl (C=O) groups is 1. The quantitative estimate of drug-likeness (QED) is 0.775. The summed E-state index contributed by atoms with van der Waals surface area (Å²) < 4.78 is 0. The lowest BCUT2D eigenvalue weighted by atomic mass is 9.94. The second-order valence-corrected chi connectivity index (χ2v) is 3.82. The first-order valence-electron chi connectivity index (χ1n) is 5.05. The van der Waals surface area contributed by atoms with Gasteiger partial charge in [-0.1, -0.05) is 30.3 Å². The summed E-state index contributed by atoms with van der Waals surface area (Å²) in [5.41, 5.74) is 0.854. The van der Waals surface area contributed by atoms with Crippen LogP contribution >= 0.6 is 0 Å². The Hall–Kier alpha value is -1.15. The second-order valence-electron chi connectivity index (χ2n) is 3.82. The number of hydrogen-bond donors (Lipinski definition) is 1. The number of carbonyl (C=O) groups excluding carboxylic acids is 1.